The third-order valence-corrected chi connectivity index (χ3v) is 4.07. The van der Waals surface area contributed by atoms with E-state index in [2.05, 4.69) is 11.9 Å². The number of amides is 1. The third kappa shape index (κ3) is 2.06. The first kappa shape index (κ1) is 10.3. The summed E-state index contributed by atoms with van der Waals surface area (Å²) < 4.78 is 0. The van der Waals surface area contributed by atoms with E-state index in [-0.39, 0.29) is 6.04 Å². The van der Waals surface area contributed by atoms with Crippen molar-refractivity contribution in [3.05, 3.63) is 0 Å². The second kappa shape index (κ2) is 4.53. The third-order valence-electron chi connectivity index (χ3n) is 3.13. The number of nitrogens with zero attached hydrogens (tertiary/aromatic N) is 2. The highest BCUT2D eigenvalue weighted by Gasteiger charge is 2.31. The molecule has 2 heterocycles. The minimum atomic E-state index is 0.179. The maximum atomic E-state index is 12.1. The van der Waals surface area contributed by atoms with Crippen LogP contribution in [0, 0.1) is 0 Å². The lowest BCUT2D eigenvalue weighted by molar-refractivity contribution is -0.135. The van der Waals surface area contributed by atoms with E-state index < -0.39 is 0 Å². The minimum absolute atomic E-state index is 0.179. The number of carbonyl (C=O) groups is 1. The standard InChI is InChI=1S/C10H18N2OS/c1-11-4-2-3-9(11)10(13)12-5-7-14-8-6-12/h9H,2-8H2,1H3/t9-/m0/s1. The molecule has 0 saturated carbocycles. The van der Waals surface area contributed by atoms with Crippen molar-refractivity contribution in [2.24, 2.45) is 0 Å². The predicted octanol–water partition coefficient (Wildman–Crippen LogP) is 0.656. The molecule has 0 aromatic carbocycles. The van der Waals surface area contributed by atoms with Gasteiger partial charge in [-0.1, -0.05) is 0 Å². The van der Waals surface area contributed by atoms with E-state index in [1.165, 1.54) is 6.42 Å². The fourth-order valence-corrected chi connectivity index (χ4v) is 3.12. The summed E-state index contributed by atoms with van der Waals surface area (Å²) in [7, 11) is 2.06. The highest BCUT2D eigenvalue weighted by molar-refractivity contribution is 7.99. The fourth-order valence-electron chi connectivity index (χ4n) is 2.22. The van der Waals surface area contributed by atoms with Crippen LogP contribution in [0.5, 0.6) is 0 Å². The quantitative estimate of drug-likeness (QED) is 0.640. The number of hydrogen-bond acceptors (Lipinski definition) is 3. The monoisotopic (exact) mass is 214 g/mol. The number of likely N-dealkylation sites (tertiary alicyclic amines) is 1. The van der Waals surface area contributed by atoms with Crippen LogP contribution in [-0.4, -0.2) is 59.9 Å². The summed E-state index contributed by atoms with van der Waals surface area (Å²) in [5, 5.41) is 0. The van der Waals surface area contributed by atoms with Gasteiger partial charge in [-0.05, 0) is 26.4 Å². The van der Waals surface area contributed by atoms with Crippen molar-refractivity contribution in [2.75, 3.05) is 38.2 Å². The van der Waals surface area contributed by atoms with E-state index >= 15 is 0 Å². The lowest BCUT2D eigenvalue weighted by Gasteiger charge is -2.31. The van der Waals surface area contributed by atoms with Crippen LogP contribution in [0.15, 0.2) is 0 Å². The van der Waals surface area contributed by atoms with Crippen molar-refractivity contribution in [2.45, 2.75) is 18.9 Å². The summed E-state index contributed by atoms with van der Waals surface area (Å²) >= 11 is 1.95. The molecular formula is C10H18N2OS. The maximum absolute atomic E-state index is 12.1. The Morgan fingerprint density at radius 2 is 2.00 bits per heavy atom. The summed E-state index contributed by atoms with van der Waals surface area (Å²) in [6, 6.07) is 0.179. The van der Waals surface area contributed by atoms with Gasteiger partial charge in [0.05, 0.1) is 6.04 Å². The van der Waals surface area contributed by atoms with Crippen molar-refractivity contribution >= 4 is 17.7 Å². The molecule has 80 valence electrons. The summed E-state index contributed by atoms with van der Waals surface area (Å²) in [6.07, 6.45) is 2.23. The molecule has 2 fully saturated rings. The Kier molecular flexibility index (Phi) is 3.34. The van der Waals surface area contributed by atoms with Crippen molar-refractivity contribution < 1.29 is 4.79 Å². The molecule has 0 aromatic heterocycles. The molecule has 4 heteroatoms. The van der Waals surface area contributed by atoms with E-state index in [0.29, 0.717) is 5.91 Å². The molecule has 0 bridgehead atoms. The maximum Gasteiger partial charge on any atom is 0.239 e. The van der Waals surface area contributed by atoms with Crippen molar-refractivity contribution in [1.29, 1.82) is 0 Å². The van der Waals surface area contributed by atoms with Gasteiger partial charge in [-0.25, -0.2) is 0 Å². The van der Waals surface area contributed by atoms with Crippen LogP contribution < -0.4 is 0 Å². The molecule has 3 nitrogen and oxygen atoms in total. The second-order valence-corrected chi connectivity index (χ2v) is 5.30. The van der Waals surface area contributed by atoms with Gasteiger partial charge in [0.15, 0.2) is 0 Å². The highest BCUT2D eigenvalue weighted by Crippen LogP contribution is 2.19. The lowest BCUT2D eigenvalue weighted by atomic mass is 10.2. The molecule has 0 aromatic rings. The van der Waals surface area contributed by atoms with Gasteiger partial charge >= 0.3 is 0 Å². The van der Waals surface area contributed by atoms with Crippen LogP contribution in [0.25, 0.3) is 0 Å². The van der Waals surface area contributed by atoms with Gasteiger partial charge in [-0.15, -0.1) is 0 Å². The molecule has 0 aliphatic carbocycles. The Bertz CT molecular complexity index is 216. The van der Waals surface area contributed by atoms with Gasteiger partial charge in [0.25, 0.3) is 0 Å². The normalized spacial score (nSPS) is 29.5. The van der Waals surface area contributed by atoms with Crippen LogP contribution in [0.3, 0.4) is 0 Å². The zero-order valence-corrected chi connectivity index (χ0v) is 9.55. The second-order valence-electron chi connectivity index (χ2n) is 4.08. The summed E-state index contributed by atoms with van der Waals surface area (Å²) in [5.41, 5.74) is 0. The lowest BCUT2D eigenvalue weighted by Crippen LogP contribution is -2.47. The first-order chi connectivity index (χ1) is 6.79. The van der Waals surface area contributed by atoms with Gasteiger partial charge in [0.2, 0.25) is 5.91 Å². The van der Waals surface area contributed by atoms with E-state index in [1.54, 1.807) is 0 Å². The number of hydrogen-bond donors (Lipinski definition) is 0. The molecule has 0 spiro atoms. The van der Waals surface area contributed by atoms with Crippen LogP contribution in [-0.2, 0) is 4.79 Å². The summed E-state index contributed by atoms with van der Waals surface area (Å²) in [5.74, 6) is 2.59. The van der Waals surface area contributed by atoms with Crippen LogP contribution in [0.4, 0.5) is 0 Å². The number of likely N-dealkylation sites (N-methyl/N-ethyl adjacent to an activating group) is 1. The average molecular weight is 214 g/mol. The fraction of sp³-hybridized carbons (Fsp3) is 0.900. The first-order valence-corrected chi connectivity index (χ1v) is 6.51. The van der Waals surface area contributed by atoms with E-state index in [1.807, 2.05) is 16.7 Å². The van der Waals surface area contributed by atoms with Crippen LogP contribution >= 0.6 is 11.8 Å². The summed E-state index contributed by atoms with van der Waals surface area (Å²) in [6.45, 7) is 2.99. The summed E-state index contributed by atoms with van der Waals surface area (Å²) in [4.78, 5) is 16.3. The first-order valence-electron chi connectivity index (χ1n) is 5.36. The van der Waals surface area contributed by atoms with Crippen LogP contribution in [0.2, 0.25) is 0 Å². The number of carbonyl (C=O) groups excluding carboxylic acids is 1. The molecule has 2 rings (SSSR count). The Morgan fingerprint density at radius 3 is 2.57 bits per heavy atom. The molecule has 2 saturated heterocycles. The van der Waals surface area contributed by atoms with Gasteiger partial charge in [0.1, 0.15) is 0 Å². The molecule has 1 atom stereocenters. The van der Waals surface area contributed by atoms with Crippen LogP contribution in [0.1, 0.15) is 12.8 Å². The largest absolute Gasteiger partial charge is 0.340 e. The van der Waals surface area contributed by atoms with Gasteiger partial charge < -0.3 is 4.90 Å². The molecule has 0 N–H and O–H groups in total. The van der Waals surface area contributed by atoms with Crippen molar-refractivity contribution in [1.82, 2.24) is 9.80 Å². The number of thioether (sulfide) groups is 1. The van der Waals surface area contributed by atoms with E-state index in [4.69, 9.17) is 0 Å². The Hall–Kier alpha value is -0.220. The molecule has 0 radical (unpaired) electrons. The van der Waals surface area contributed by atoms with Gasteiger partial charge in [0, 0.05) is 24.6 Å². The Morgan fingerprint density at radius 1 is 1.29 bits per heavy atom. The van der Waals surface area contributed by atoms with Gasteiger partial charge in [-0.2, -0.15) is 11.8 Å². The smallest absolute Gasteiger partial charge is 0.239 e. The van der Waals surface area contributed by atoms with E-state index in [9.17, 15) is 4.79 Å². The number of rotatable bonds is 1. The molecule has 1 amide bonds. The predicted molar refractivity (Wildman–Crippen MR) is 59.6 cm³/mol. The van der Waals surface area contributed by atoms with Crippen molar-refractivity contribution in [3.8, 4) is 0 Å². The van der Waals surface area contributed by atoms with Crippen molar-refractivity contribution in [3.63, 3.8) is 0 Å². The molecular weight excluding hydrogens is 196 g/mol. The zero-order valence-electron chi connectivity index (χ0n) is 8.74. The average Bonchev–Trinajstić information content (AvgIpc) is 2.65. The zero-order chi connectivity index (χ0) is 9.97. The molecule has 2 aliphatic heterocycles. The molecule has 0 unspecified atom stereocenters. The Balaban J connectivity index is 1.92. The minimum Gasteiger partial charge on any atom is -0.340 e. The highest BCUT2D eigenvalue weighted by atomic mass is 32.2. The van der Waals surface area contributed by atoms with E-state index in [0.717, 1.165) is 37.6 Å². The topological polar surface area (TPSA) is 23.6 Å². The SMILES string of the molecule is CN1CCC[C@H]1C(=O)N1CCSCC1. The Labute approximate surface area is 89.8 Å². The molecule has 2 aliphatic rings. The molecule has 14 heavy (non-hydrogen) atoms. The van der Waals surface area contributed by atoms with Gasteiger partial charge in [-0.3, -0.25) is 9.69 Å².